The molecular weight excluding hydrogens is 270 g/mol. The summed E-state index contributed by atoms with van der Waals surface area (Å²) in [6, 6.07) is 1.68. The molecular formula is C11H15N3O2S2. The Kier molecular flexibility index (Phi) is 4.60. The van der Waals surface area contributed by atoms with E-state index in [0.29, 0.717) is 17.3 Å². The Morgan fingerprint density at radius 1 is 1.61 bits per heavy atom. The van der Waals surface area contributed by atoms with Gasteiger partial charge in [-0.25, -0.2) is 0 Å². The summed E-state index contributed by atoms with van der Waals surface area (Å²) in [5, 5.41) is 6.37. The number of likely N-dealkylation sites (tertiary alicyclic amines) is 1. The van der Waals surface area contributed by atoms with Crippen molar-refractivity contribution in [1.29, 1.82) is 0 Å². The van der Waals surface area contributed by atoms with E-state index in [1.807, 2.05) is 0 Å². The van der Waals surface area contributed by atoms with Gasteiger partial charge < -0.3 is 14.7 Å². The number of hydrogen-bond donors (Lipinski definition) is 1. The van der Waals surface area contributed by atoms with Gasteiger partial charge in [-0.3, -0.25) is 4.79 Å². The van der Waals surface area contributed by atoms with Crippen LogP contribution in [0.3, 0.4) is 0 Å². The highest BCUT2D eigenvalue weighted by molar-refractivity contribution is 8.23. The first-order valence-corrected chi connectivity index (χ1v) is 7.19. The van der Waals surface area contributed by atoms with Crippen molar-refractivity contribution >= 4 is 40.0 Å². The lowest BCUT2D eigenvalue weighted by Crippen LogP contribution is -2.25. The zero-order chi connectivity index (χ0) is 13.0. The third kappa shape index (κ3) is 3.71. The first kappa shape index (κ1) is 13.4. The minimum Gasteiger partial charge on any atom is -0.360 e. The molecule has 0 bridgehead atoms. The number of amides is 1. The molecule has 0 aliphatic carbocycles. The first-order valence-electron chi connectivity index (χ1n) is 5.80. The van der Waals surface area contributed by atoms with E-state index >= 15 is 0 Å². The van der Waals surface area contributed by atoms with Gasteiger partial charge >= 0.3 is 0 Å². The van der Waals surface area contributed by atoms with Gasteiger partial charge in [-0.05, 0) is 19.8 Å². The van der Waals surface area contributed by atoms with Gasteiger partial charge in [0.05, 0.1) is 5.75 Å². The quantitative estimate of drug-likeness (QED) is 0.858. The van der Waals surface area contributed by atoms with Crippen molar-refractivity contribution in [2.45, 2.75) is 19.8 Å². The van der Waals surface area contributed by atoms with Gasteiger partial charge in [0.2, 0.25) is 5.91 Å². The van der Waals surface area contributed by atoms with Crippen LogP contribution in [0.4, 0.5) is 5.82 Å². The van der Waals surface area contributed by atoms with Crippen molar-refractivity contribution in [2.24, 2.45) is 0 Å². The molecule has 0 radical (unpaired) electrons. The SMILES string of the molecule is Cc1cc(NC(=O)CSC(=S)N2CCCC2)no1. The van der Waals surface area contributed by atoms with E-state index in [0.717, 1.165) is 17.4 Å². The Balaban J connectivity index is 1.72. The largest absolute Gasteiger partial charge is 0.360 e. The lowest BCUT2D eigenvalue weighted by atomic mass is 10.4. The molecule has 0 aromatic carbocycles. The van der Waals surface area contributed by atoms with Gasteiger partial charge in [0.25, 0.3) is 0 Å². The molecule has 7 heteroatoms. The van der Waals surface area contributed by atoms with E-state index in [2.05, 4.69) is 15.4 Å². The molecule has 0 saturated carbocycles. The molecule has 5 nitrogen and oxygen atoms in total. The molecule has 1 aliphatic heterocycles. The fourth-order valence-electron chi connectivity index (χ4n) is 1.72. The van der Waals surface area contributed by atoms with Gasteiger partial charge in [0.1, 0.15) is 10.1 Å². The van der Waals surface area contributed by atoms with Crippen LogP contribution in [0.25, 0.3) is 0 Å². The maximum absolute atomic E-state index is 11.6. The van der Waals surface area contributed by atoms with Crippen molar-refractivity contribution < 1.29 is 9.32 Å². The number of thioether (sulfide) groups is 1. The monoisotopic (exact) mass is 285 g/mol. The minimum absolute atomic E-state index is 0.116. The van der Waals surface area contributed by atoms with Crippen LogP contribution in [0.1, 0.15) is 18.6 Å². The summed E-state index contributed by atoms with van der Waals surface area (Å²) in [6.45, 7) is 3.80. The van der Waals surface area contributed by atoms with Crippen LogP contribution >= 0.6 is 24.0 Å². The number of rotatable bonds is 3. The summed E-state index contributed by atoms with van der Waals surface area (Å²) >= 11 is 6.67. The van der Waals surface area contributed by atoms with Crippen LogP contribution in [-0.2, 0) is 4.79 Å². The highest BCUT2D eigenvalue weighted by atomic mass is 32.2. The van der Waals surface area contributed by atoms with Crippen molar-refractivity contribution in [1.82, 2.24) is 10.1 Å². The second-order valence-corrected chi connectivity index (χ2v) is 5.73. The molecule has 1 saturated heterocycles. The summed E-state index contributed by atoms with van der Waals surface area (Å²) in [5.74, 6) is 1.31. The molecule has 0 spiro atoms. The number of nitrogens with one attached hydrogen (secondary N) is 1. The third-order valence-corrected chi connectivity index (χ3v) is 4.11. The topological polar surface area (TPSA) is 58.4 Å². The Morgan fingerprint density at radius 3 is 2.94 bits per heavy atom. The Labute approximate surface area is 115 Å². The van der Waals surface area contributed by atoms with Crippen molar-refractivity contribution in [3.05, 3.63) is 11.8 Å². The maximum Gasteiger partial charge on any atom is 0.236 e. The van der Waals surface area contributed by atoms with Crippen LogP contribution in [0.15, 0.2) is 10.6 Å². The molecule has 98 valence electrons. The molecule has 1 aliphatic rings. The molecule has 1 aromatic rings. The standard InChI is InChI=1S/C11H15N3O2S2/c1-8-6-9(13-16-8)12-10(15)7-18-11(17)14-4-2-3-5-14/h6H,2-5,7H2,1H3,(H,12,13,15). The lowest BCUT2D eigenvalue weighted by Gasteiger charge is -2.16. The predicted octanol–water partition coefficient (Wildman–Crippen LogP) is 2.04. The van der Waals surface area contributed by atoms with Crippen molar-refractivity contribution in [2.75, 3.05) is 24.2 Å². The summed E-state index contributed by atoms with van der Waals surface area (Å²) in [5.41, 5.74) is 0. The summed E-state index contributed by atoms with van der Waals surface area (Å²) in [7, 11) is 0. The minimum atomic E-state index is -0.116. The average Bonchev–Trinajstić information content (AvgIpc) is 2.97. The molecule has 2 rings (SSSR count). The van der Waals surface area contributed by atoms with E-state index in [-0.39, 0.29) is 5.91 Å². The number of carbonyl (C=O) groups is 1. The Hall–Kier alpha value is -1.08. The molecule has 1 N–H and O–H groups in total. The fraction of sp³-hybridized carbons (Fsp3) is 0.545. The fourth-order valence-corrected chi connectivity index (χ4v) is 2.77. The van der Waals surface area contributed by atoms with E-state index in [1.165, 1.54) is 24.6 Å². The number of hydrogen-bond acceptors (Lipinski definition) is 5. The second kappa shape index (κ2) is 6.19. The van der Waals surface area contributed by atoms with Gasteiger partial charge in [-0.2, -0.15) is 0 Å². The summed E-state index contributed by atoms with van der Waals surface area (Å²) in [6.07, 6.45) is 2.37. The molecule has 18 heavy (non-hydrogen) atoms. The molecule has 0 atom stereocenters. The zero-order valence-electron chi connectivity index (χ0n) is 10.1. The molecule has 0 unspecified atom stereocenters. The lowest BCUT2D eigenvalue weighted by molar-refractivity contribution is -0.113. The number of aromatic nitrogens is 1. The van der Waals surface area contributed by atoms with Crippen molar-refractivity contribution in [3.8, 4) is 0 Å². The van der Waals surface area contributed by atoms with E-state index in [9.17, 15) is 4.79 Å². The number of nitrogens with zero attached hydrogens (tertiary/aromatic N) is 2. The summed E-state index contributed by atoms with van der Waals surface area (Å²) in [4.78, 5) is 13.8. The molecule has 1 amide bonds. The highest BCUT2D eigenvalue weighted by Gasteiger charge is 2.16. The van der Waals surface area contributed by atoms with Crippen LogP contribution in [0, 0.1) is 6.92 Å². The maximum atomic E-state index is 11.6. The molecule has 1 fully saturated rings. The second-order valence-electron chi connectivity index (χ2n) is 4.12. The van der Waals surface area contributed by atoms with Gasteiger partial charge in [-0.1, -0.05) is 29.1 Å². The number of thiocarbonyl (C=S) groups is 1. The van der Waals surface area contributed by atoms with Crippen LogP contribution in [0.5, 0.6) is 0 Å². The number of carbonyl (C=O) groups excluding carboxylic acids is 1. The van der Waals surface area contributed by atoms with Crippen LogP contribution in [0.2, 0.25) is 0 Å². The average molecular weight is 285 g/mol. The van der Waals surface area contributed by atoms with Crippen LogP contribution < -0.4 is 5.32 Å². The van der Waals surface area contributed by atoms with E-state index < -0.39 is 0 Å². The number of anilines is 1. The first-order chi connectivity index (χ1) is 8.65. The Bertz CT molecular complexity index is 441. The molecule has 1 aromatic heterocycles. The Morgan fingerprint density at radius 2 is 2.33 bits per heavy atom. The van der Waals surface area contributed by atoms with Gasteiger partial charge in [0.15, 0.2) is 5.82 Å². The van der Waals surface area contributed by atoms with E-state index in [1.54, 1.807) is 13.0 Å². The van der Waals surface area contributed by atoms with Gasteiger partial charge in [0, 0.05) is 19.2 Å². The molecule has 2 heterocycles. The predicted molar refractivity (Wildman–Crippen MR) is 75.7 cm³/mol. The van der Waals surface area contributed by atoms with Crippen LogP contribution in [-0.4, -0.2) is 39.1 Å². The van der Waals surface area contributed by atoms with E-state index in [4.69, 9.17) is 16.7 Å². The highest BCUT2D eigenvalue weighted by Crippen LogP contribution is 2.16. The zero-order valence-corrected chi connectivity index (χ0v) is 11.8. The smallest absolute Gasteiger partial charge is 0.236 e. The summed E-state index contributed by atoms with van der Waals surface area (Å²) < 4.78 is 5.67. The normalized spacial score (nSPS) is 14.8. The third-order valence-electron chi connectivity index (χ3n) is 2.59. The van der Waals surface area contributed by atoms with Gasteiger partial charge in [-0.15, -0.1) is 0 Å². The van der Waals surface area contributed by atoms with Crippen molar-refractivity contribution in [3.63, 3.8) is 0 Å². The number of aryl methyl sites for hydroxylation is 1.